The van der Waals surface area contributed by atoms with Crippen LogP contribution in [0.4, 0.5) is 8.78 Å². The number of imidazole rings is 1. The van der Waals surface area contributed by atoms with Gasteiger partial charge in [-0.15, -0.1) is 11.6 Å². The molecule has 0 aliphatic heterocycles. The minimum absolute atomic E-state index is 0.139. The number of alkyl halides is 1. The van der Waals surface area contributed by atoms with Crippen LogP contribution in [0.25, 0.3) is 11.0 Å². The van der Waals surface area contributed by atoms with Crippen LogP contribution >= 0.6 is 11.6 Å². The van der Waals surface area contributed by atoms with Gasteiger partial charge in [-0.25, -0.2) is 13.8 Å². The molecule has 0 unspecified atom stereocenters. The van der Waals surface area contributed by atoms with Gasteiger partial charge in [0.25, 0.3) is 0 Å². The van der Waals surface area contributed by atoms with Crippen molar-refractivity contribution >= 4 is 22.6 Å². The molecule has 0 fully saturated rings. The fourth-order valence-electron chi connectivity index (χ4n) is 2.02. The summed E-state index contributed by atoms with van der Waals surface area (Å²) in [6, 6.07) is 2.09. The summed E-state index contributed by atoms with van der Waals surface area (Å²) in [6.45, 7) is 5.68. The Labute approximate surface area is 121 Å². The van der Waals surface area contributed by atoms with Gasteiger partial charge < -0.3 is 9.30 Å². The molecule has 0 saturated heterocycles. The van der Waals surface area contributed by atoms with Gasteiger partial charge >= 0.3 is 0 Å². The third kappa shape index (κ3) is 3.27. The van der Waals surface area contributed by atoms with Gasteiger partial charge in [-0.05, 0) is 12.0 Å². The molecule has 1 aromatic carbocycles. The van der Waals surface area contributed by atoms with Crippen LogP contribution in [0.15, 0.2) is 12.1 Å². The zero-order valence-corrected chi connectivity index (χ0v) is 12.3. The average Bonchev–Trinajstić information content (AvgIpc) is 2.73. The van der Waals surface area contributed by atoms with Crippen LogP contribution in [0.5, 0.6) is 0 Å². The quantitative estimate of drug-likeness (QED) is 0.600. The van der Waals surface area contributed by atoms with Crippen LogP contribution in [-0.2, 0) is 17.2 Å². The van der Waals surface area contributed by atoms with Crippen LogP contribution in [0.3, 0.4) is 0 Å². The van der Waals surface area contributed by atoms with E-state index in [4.69, 9.17) is 16.3 Å². The van der Waals surface area contributed by atoms with Crippen molar-refractivity contribution in [2.24, 2.45) is 5.92 Å². The molecule has 1 heterocycles. The minimum Gasteiger partial charge on any atom is -0.379 e. The molecule has 6 heteroatoms. The molecule has 0 aliphatic carbocycles. The molecular weight excluding hydrogens is 286 g/mol. The molecule has 0 spiro atoms. The summed E-state index contributed by atoms with van der Waals surface area (Å²) in [4.78, 5) is 4.12. The molecule has 3 nitrogen and oxygen atoms in total. The van der Waals surface area contributed by atoms with Gasteiger partial charge in [0.05, 0.1) is 18.0 Å². The highest BCUT2D eigenvalue weighted by Crippen LogP contribution is 2.22. The van der Waals surface area contributed by atoms with Gasteiger partial charge in [-0.1, -0.05) is 13.8 Å². The lowest BCUT2D eigenvalue weighted by molar-refractivity contribution is 0.103. The standard InChI is InChI=1S/C14H17ClF2N2O/c1-9(2)8-20-4-3-19-12-6-10(16)5-11(17)14(12)18-13(19)7-15/h5-6,9H,3-4,7-8H2,1-2H3. The van der Waals surface area contributed by atoms with Gasteiger partial charge in [0.2, 0.25) is 0 Å². The van der Waals surface area contributed by atoms with Crippen molar-refractivity contribution in [3.8, 4) is 0 Å². The van der Waals surface area contributed by atoms with E-state index in [0.717, 1.165) is 6.07 Å². The molecule has 0 aliphatic rings. The first kappa shape index (κ1) is 15.2. The van der Waals surface area contributed by atoms with Crippen LogP contribution in [0, 0.1) is 17.6 Å². The van der Waals surface area contributed by atoms with Crippen LogP contribution in [0.2, 0.25) is 0 Å². The number of nitrogens with zero attached hydrogens (tertiary/aromatic N) is 2. The Balaban J connectivity index is 2.26. The number of rotatable bonds is 6. The van der Waals surface area contributed by atoms with Crippen molar-refractivity contribution in [1.82, 2.24) is 9.55 Å². The van der Waals surface area contributed by atoms with E-state index in [1.807, 2.05) is 0 Å². The monoisotopic (exact) mass is 302 g/mol. The third-order valence-corrected chi connectivity index (χ3v) is 3.12. The van der Waals surface area contributed by atoms with Gasteiger partial charge in [0, 0.05) is 19.2 Å². The van der Waals surface area contributed by atoms with Gasteiger partial charge in [0.15, 0.2) is 5.82 Å². The SMILES string of the molecule is CC(C)COCCn1c(CCl)nc2c(F)cc(F)cc21. The Hall–Kier alpha value is -1.20. The van der Waals surface area contributed by atoms with Gasteiger partial charge in [-0.2, -0.15) is 0 Å². The molecule has 20 heavy (non-hydrogen) atoms. The number of hydrogen-bond acceptors (Lipinski definition) is 2. The lowest BCUT2D eigenvalue weighted by Crippen LogP contribution is -2.11. The Morgan fingerprint density at radius 2 is 2.10 bits per heavy atom. The second kappa shape index (κ2) is 6.50. The predicted octanol–water partition coefficient (Wildman–Crippen LogP) is 3.73. The molecule has 0 saturated carbocycles. The first-order valence-electron chi connectivity index (χ1n) is 6.50. The first-order chi connectivity index (χ1) is 9.52. The fourth-order valence-corrected chi connectivity index (χ4v) is 2.23. The lowest BCUT2D eigenvalue weighted by Gasteiger charge is -2.10. The molecule has 0 atom stereocenters. The van der Waals surface area contributed by atoms with Crippen LogP contribution in [-0.4, -0.2) is 22.8 Å². The average molecular weight is 303 g/mol. The summed E-state index contributed by atoms with van der Waals surface area (Å²) in [5, 5.41) is 0. The Morgan fingerprint density at radius 3 is 2.75 bits per heavy atom. The lowest BCUT2D eigenvalue weighted by atomic mass is 10.2. The number of hydrogen-bond donors (Lipinski definition) is 0. The topological polar surface area (TPSA) is 27.1 Å². The van der Waals surface area contributed by atoms with E-state index in [-0.39, 0.29) is 11.4 Å². The van der Waals surface area contributed by atoms with Crippen molar-refractivity contribution in [3.63, 3.8) is 0 Å². The largest absolute Gasteiger partial charge is 0.379 e. The Morgan fingerprint density at radius 1 is 1.35 bits per heavy atom. The second-order valence-electron chi connectivity index (χ2n) is 5.04. The summed E-state index contributed by atoms with van der Waals surface area (Å²) in [7, 11) is 0. The maximum Gasteiger partial charge on any atom is 0.153 e. The van der Waals surface area contributed by atoms with Crippen molar-refractivity contribution in [1.29, 1.82) is 0 Å². The molecule has 2 aromatic rings. The molecule has 1 aromatic heterocycles. The number of aromatic nitrogens is 2. The molecule has 110 valence electrons. The normalized spacial score (nSPS) is 11.7. The summed E-state index contributed by atoms with van der Waals surface area (Å²) < 4.78 is 34.2. The van der Waals surface area contributed by atoms with Crippen LogP contribution in [0.1, 0.15) is 19.7 Å². The van der Waals surface area contributed by atoms with Gasteiger partial charge in [-0.3, -0.25) is 0 Å². The van der Waals surface area contributed by atoms with Gasteiger partial charge in [0.1, 0.15) is 17.2 Å². The minimum atomic E-state index is -0.673. The van der Waals surface area contributed by atoms with E-state index in [1.54, 1.807) is 4.57 Å². The summed E-state index contributed by atoms with van der Waals surface area (Å²) in [6.07, 6.45) is 0. The molecule has 0 radical (unpaired) electrons. The van der Waals surface area contributed by atoms with E-state index in [0.29, 0.717) is 37.0 Å². The van der Waals surface area contributed by atoms with E-state index < -0.39 is 11.6 Å². The predicted molar refractivity (Wildman–Crippen MR) is 74.9 cm³/mol. The fraction of sp³-hybridized carbons (Fsp3) is 0.500. The van der Waals surface area contributed by atoms with Crippen molar-refractivity contribution in [2.45, 2.75) is 26.3 Å². The summed E-state index contributed by atoms with van der Waals surface area (Å²) in [5.74, 6) is -0.204. The Bertz CT molecular complexity index is 598. The maximum atomic E-state index is 13.7. The zero-order valence-electron chi connectivity index (χ0n) is 11.5. The van der Waals surface area contributed by atoms with E-state index in [9.17, 15) is 8.78 Å². The number of benzene rings is 1. The molecule has 0 N–H and O–H groups in total. The third-order valence-electron chi connectivity index (χ3n) is 2.88. The second-order valence-corrected chi connectivity index (χ2v) is 5.30. The van der Waals surface area contributed by atoms with E-state index >= 15 is 0 Å². The van der Waals surface area contributed by atoms with Crippen LogP contribution < -0.4 is 0 Å². The summed E-state index contributed by atoms with van der Waals surface area (Å²) >= 11 is 5.82. The van der Waals surface area contributed by atoms with Crippen molar-refractivity contribution < 1.29 is 13.5 Å². The van der Waals surface area contributed by atoms with Crippen molar-refractivity contribution in [2.75, 3.05) is 13.2 Å². The number of ether oxygens (including phenoxy) is 1. The number of halogens is 3. The van der Waals surface area contributed by atoms with E-state index in [2.05, 4.69) is 18.8 Å². The highest BCUT2D eigenvalue weighted by Gasteiger charge is 2.14. The number of fused-ring (bicyclic) bond motifs is 1. The molecule has 2 rings (SSSR count). The highest BCUT2D eigenvalue weighted by molar-refractivity contribution is 6.16. The smallest absolute Gasteiger partial charge is 0.153 e. The molecular formula is C14H17ClF2N2O. The summed E-state index contributed by atoms with van der Waals surface area (Å²) in [5.41, 5.74) is 0.553. The molecule has 0 bridgehead atoms. The van der Waals surface area contributed by atoms with Crippen molar-refractivity contribution in [3.05, 3.63) is 29.6 Å². The zero-order chi connectivity index (χ0) is 14.7. The Kier molecular flexibility index (Phi) is 4.94. The molecule has 0 amide bonds. The first-order valence-corrected chi connectivity index (χ1v) is 7.04. The highest BCUT2D eigenvalue weighted by atomic mass is 35.5. The maximum absolute atomic E-state index is 13.7. The van der Waals surface area contributed by atoms with E-state index in [1.165, 1.54) is 6.07 Å².